The fourth-order valence-corrected chi connectivity index (χ4v) is 2.09. The van der Waals surface area contributed by atoms with E-state index in [0.29, 0.717) is 0 Å². The minimum absolute atomic E-state index is 0.733. The van der Waals surface area contributed by atoms with Gasteiger partial charge in [0.05, 0.1) is 11.9 Å². The van der Waals surface area contributed by atoms with Gasteiger partial charge in [-0.25, -0.2) is 4.98 Å². The predicted octanol–water partition coefficient (Wildman–Crippen LogP) is 2.45. The van der Waals surface area contributed by atoms with E-state index >= 15 is 0 Å². The summed E-state index contributed by atoms with van der Waals surface area (Å²) >= 11 is 0. The Morgan fingerprint density at radius 2 is 2.32 bits per heavy atom. The molecule has 0 aliphatic heterocycles. The Morgan fingerprint density at radius 1 is 1.47 bits per heavy atom. The first-order valence-corrected chi connectivity index (χ1v) is 6.58. The van der Waals surface area contributed by atoms with Gasteiger partial charge in [0, 0.05) is 25.0 Å². The number of aromatic nitrogens is 4. The van der Waals surface area contributed by atoms with Crippen molar-refractivity contribution in [2.75, 3.05) is 11.9 Å². The van der Waals surface area contributed by atoms with Crippen LogP contribution >= 0.6 is 0 Å². The molecule has 0 fully saturated rings. The van der Waals surface area contributed by atoms with Crippen molar-refractivity contribution in [3.8, 4) is 0 Å². The maximum absolute atomic E-state index is 4.47. The van der Waals surface area contributed by atoms with Gasteiger partial charge in [-0.3, -0.25) is 5.10 Å². The first-order valence-electron chi connectivity index (χ1n) is 6.58. The zero-order valence-corrected chi connectivity index (χ0v) is 11.6. The van der Waals surface area contributed by atoms with Crippen LogP contribution in [0.3, 0.4) is 0 Å². The van der Waals surface area contributed by atoms with E-state index in [1.54, 1.807) is 0 Å². The Hall–Kier alpha value is -2.04. The lowest BCUT2D eigenvalue weighted by Crippen LogP contribution is -2.07. The summed E-state index contributed by atoms with van der Waals surface area (Å²) in [5, 5.41) is 10.3. The van der Waals surface area contributed by atoms with Gasteiger partial charge < -0.3 is 9.88 Å². The third-order valence-corrected chi connectivity index (χ3v) is 3.08. The number of hydrogen-bond donors (Lipinski definition) is 2. The summed E-state index contributed by atoms with van der Waals surface area (Å²) in [6.45, 7) is 9.46. The molecule has 0 aliphatic rings. The van der Waals surface area contributed by atoms with Crippen molar-refractivity contribution in [3.63, 3.8) is 0 Å². The molecule has 0 unspecified atom stereocenters. The minimum atomic E-state index is 0.733. The fourth-order valence-electron chi connectivity index (χ4n) is 2.09. The van der Waals surface area contributed by atoms with E-state index in [9.17, 15) is 0 Å². The maximum Gasteiger partial charge on any atom is 0.203 e. The first-order chi connectivity index (χ1) is 9.20. The second-order valence-electron chi connectivity index (χ2n) is 4.69. The van der Waals surface area contributed by atoms with E-state index in [4.69, 9.17) is 0 Å². The Labute approximate surface area is 113 Å². The second kappa shape index (κ2) is 6.22. The van der Waals surface area contributed by atoms with Crippen molar-refractivity contribution in [1.29, 1.82) is 0 Å². The average Bonchev–Trinajstić information content (AvgIpc) is 2.94. The fraction of sp³-hybridized carbons (Fsp3) is 0.429. The number of rotatable bonds is 7. The average molecular weight is 259 g/mol. The molecular weight excluding hydrogens is 238 g/mol. The summed E-state index contributed by atoms with van der Waals surface area (Å²) in [4.78, 5) is 4.47. The molecule has 0 atom stereocenters. The molecule has 0 aliphatic carbocycles. The summed E-state index contributed by atoms with van der Waals surface area (Å²) in [5.41, 5.74) is 3.48. The Bertz CT molecular complexity index is 538. The van der Waals surface area contributed by atoms with Crippen LogP contribution in [0.2, 0.25) is 0 Å². The smallest absolute Gasteiger partial charge is 0.203 e. The zero-order chi connectivity index (χ0) is 13.7. The number of aryl methyl sites for hydroxylation is 4. The molecule has 2 heterocycles. The van der Waals surface area contributed by atoms with Crippen LogP contribution in [0.15, 0.2) is 25.0 Å². The van der Waals surface area contributed by atoms with E-state index in [0.717, 1.165) is 43.3 Å². The van der Waals surface area contributed by atoms with Gasteiger partial charge in [-0.15, -0.1) is 6.58 Å². The van der Waals surface area contributed by atoms with Crippen molar-refractivity contribution in [2.24, 2.45) is 0 Å². The van der Waals surface area contributed by atoms with Gasteiger partial charge in [-0.05, 0) is 32.3 Å². The SMILES string of the molecule is C=CCNc1nc(C)cn1CCCc1cn[nH]c1C. The van der Waals surface area contributed by atoms with Gasteiger partial charge >= 0.3 is 0 Å². The Kier molecular flexibility index (Phi) is 4.39. The van der Waals surface area contributed by atoms with Gasteiger partial charge in [0.1, 0.15) is 0 Å². The number of imidazole rings is 1. The molecule has 0 amide bonds. The minimum Gasteiger partial charge on any atom is -0.352 e. The van der Waals surface area contributed by atoms with Crippen LogP contribution in [0.1, 0.15) is 23.4 Å². The van der Waals surface area contributed by atoms with Crippen LogP contribution in [-0.2, 0) is 13.0 Å². The highest BCUT2D eigenvalue weighted by Crippen LogP contribution is 2.12. The molecule has 5 heteroatoms. The number of hydrogen-bond acceptors (Lipinski definition) is 3. The van der Waals surface area contributed by atoms with E-state index in [1.165, 1.54) is 5.56 Å². The van der Waals surface area contributed by atoms with Gasteiger partial charge in [-0.1, -0.05) is 6.08 Å². The highest BCUT2D eigenvalue weighted by atomic mass is 15.2. The maximum atomic E-state index is 4.47. The molecule has 0 aromatic carbocycles. The largest absolute Gasteiger partial charge is 0.352 e. The van der Waals surface area contributed by atoms with Crippen LogP contribution < -0.4 is 5.32 Å². The quantitative estimate of drug-likeness (QED) is 0.751. The summed E-state index contributed by atoms with van der Waals surface area (Å²) in [7, 11) is 0. The van der Waals surface area contributed by atoms with E-state index in [2.05, 4.69) is 44.8 Å². The van der Waals surface area contributed by atoms with E-state index in [1.807, 2.05) is 19.2 Å². The number of H-pyrrole nitrogens is 1. The van der Waals surface area contributed by atoms with Crippen LogP contribution in [-0.4, -0.2) is 26.3 Å². The molecule has 0 radical (unpaired) electrons. The third kappa shape index (κ3) is 3.47. The lowest BCUT2D eigenvalue weighted by atomic mass is 10.1. The lowest BCUT2D eigenvalue weighted by Gasteiger charge is -2.08. The van der Waals surface area contributed by atoms with Crippen LogP contribution in [0, 0.1) is 13.8 Å². The topological polar surface area (TPSA) is 58.5 Å². The normalized spacial score (nSPS) is 10.6. The van der Waals surface area contributed by atoms with Crippen molar-refractivity contribution in [1.82, 2.24) is 19.7 Å². The molecule has 2 rings (SSSR count). The van der Waals surface area contributed by atoms with Crippen molar-refractivity contribution >= 4 is 5.95 Å². The molecule has 102 valence electrons. The summed E-state index contributed by atoms with van der Waals surface area (Å²) in [6, 6.07) is 0. The van der Waals surface area contributed by atoms with Crippen LogP contribution in [0.5, 0.6) is 0 Å². The number of anilines is 1. The lowest BCUT2D eigenvalue weighted by molar-refractivity contribution is 0.645. The molecule has 2 aromatic heterocycles. The molecule has 0 saturated carbocycles. The molecule has 2 N–H and O–H groups in total. The van der Waals surface area contributed by atoms with Crippen LogP contribution in [0.25, 0.3) is 0 Å². The third-order valence-electron chi connectivity index (χ3n) is 3.08. The monoisotopic (exact) mass is 259 g/mol. The Morgan fingerprint density at radius 3 is 3.00 bits per heavy atom. The molecule has 2 aromatic rings. The van der Waals surface area contributed by atoms with E-state index in [-0.39, 0.29) is 0 Å². The first kappa shape index (κ1) is 13.4. The molecule has 19 heavy (non-hydrogen) atoms. The molecule has 5 nitrogen and oxygen atoms in total. The molecule has 0 bridgehead atoms. The highest BCUT2D eigenvalue weighted by Gasteiger charge is 2.05. The highest BCUT2D eigenvalue weighted by molar-refractivity contribution is 5.29. The molecule has 0 spiro atoms. The van der Waals surface area contributed by atoms with Crippen LogP contribution in [0.4, 0.5) is 5.95 Å². The van der Waals surface area contributed by atoms with Crippen molar-refractivity contribution in [2.45, 2.75) is 33.2 Å². The zero-order valence-electron chi connectivity index (χ0n) is 11.6. The Balaban J connectivity index is 1.91. The van der Waals surface area contributed by atoms with Gasteiger partial charge in [-0.2, -0.15) is 5.10 Å². The van der Waals surface area contributed by atoms with E-state index < -0.39 is 0 Å². The number of nitrogens with zero attached hydrogens (tertiary/aromatic N) is 3. The van der Waals surface area contributed by atoms with Gasteiger partial charge in [0.15, 0.2) is 0 Å². The number of nitrogens with one attached hydrogen (secondary N) is 2. The van der Waals surface area contributed by atoms with Crippen molar-refractivity contribution < 1.29 is 0 Å². The number of aromatic amines is 1. The summed E-state index contributed by atoms with van der Waals surface area (Å²) < 4.78 is 2.16. The van der Waals surface area contributed by atoms with Gasteiger partial charge in [0.25, 0.3) is 0 Å². The predicted molar refractivity (Wildman–Crippen MR) is 77.3 cm³/mol. The molecular formula is C14H21N5. The van der Waals surface area contributed by atoms with Gasteiger partial charge in [0.2, 0.25) is 5.95 Å². The molecule has 0 saturated heterocycles. The summed E-state index contributed by atoms with van der Waals surface area (Å²) in [6.07, 6.45) is 7.92. The summed E-state index contributed by atoms with van der Waals surface area (Å²) in [5.74, 6) is 0.918. The van der Waals surface area contributed by atoms with Crippen molar-refractivity contribution in [3.05, 3.63) is 42.0 Å². The standard InChI is InChI=1S/C14H21N5/c1-4-7-15-14-17-11(2)10-19(14)8-5-6-13-9-16-18-12(13)3/h4,9-10H,1,5-8H2,2-3H3,(H,15,17)(H,16,18). The second-order valence-corrected chi connectivity index (χ2v) is 4.69.